The van der Waals surface area contributed by atoms with Gasteiger partial charge in [0.15, 0.2) is 0 Å². The fourth-order valence-corrected chi connectivity index (χ4v) is 3.20. The lowest BCUT2D eigenvalue weighted by Gasteiger charge is -2.12. The number of benzene rings is 4. The van der Waals surface area contributed by atoms with E-state index < -0.39 is 0 Å². The van der Waals surface area contributed by atoms with Gasteiger partial charge in [-0.3, -0.25) is 0 Å². The zero-order valence-electron chi connectivity index (χ0n) is 11.1. The van der Waals surface area contributed by atoms with Gasteiger partial charge in [0.05, 0.1) is 0 Å². The molecule has 0 bridgehead atoms. The minimum atomic E-state index is 0.569. The molecule has 0 aliphatic rings. The molecule has 4 aromatic rings. The van der Waals surface area contributed by atoms with Crippen molar-refractivity contribution in [3.8, 4) is 0 Å². The first-order valence-electron chi connectivity index (χ1n) is 6.91. The summed E-state index contributed by atoms with van der Waals surface area (Å²) in [5.74, 6) is 0. The standard InChI is InChI=1S/C19H15N/c20-12-13-6-5-11-18-16-8-2-1-7-14(16)15-9-3-4-10-17(15)19(13)18/h1-11H,12,20H2. The van der Waals surface area contributed by atoms with E-state index in [1.165, 1.54) is 37.9 Å². The fraction of sp³-hybridized carbons (Fsp3) is 0.0526. The lowest BCUT2D eigenvalue weighted by atomic mass is 9.92. The molecule has 0 aliphatic carbocycles. The summed E-state index contributed by atoms with van der Waals surface area (Å²) in [6, 6.07) is 23.6. The molecule has 0 saturated carbocycles. The van der Waals surface area contributed by atoms with Crippen LogP contribution in [0.25, 0.3) is 32.3 Å². The van der Waals surface area contributed by atoms with E-state index in [4.69, 9.17) is 5.73 Å². The minimum absolute atomic E-state index is 0.569. The van der Waals surface area contributed by atoms with Crippen molar-refractivity contribution < 1.29 is 0 Å². The predicted octanol–water partition coefficient (Wildman–Crippen LogP) is 4.60. The van der Waals surface area contributed by atoms with Gasteiger partial charge in [-0.05, 0) is 37.9 Å². The third-order valence-electron chi connectivity index (χ3n) is 4.07. The van der Waals surface area contributed by atoms with Crippen molar-refractivity contribution in [3.05, 3.63) is 72.3 Å². The van der Waals surface area contributed by atoms with Crippen LogP contribution in [0.2, 0.25) is 0 Å². The van der Waals surface area contributed by atoms with Crippen LogP contribution in [0, 0.1) is 0 Å². The van der Waals surface area contributed by atoms with E-state index in [1.54, 1.807) is 0 Å². The smallest absolute Gasteiger partial charge is 0.0184 e. The molecule has 0 radical (unpaired) electrons. The van der Waals surface area contributed by atoms with Gasteiger partial charge in [0.1, 0.15) is 0 Å². The Hall–Kier alpha value is -2.38. The van der Waals surface area contributed by atoms with Gasteiger partial charge in [-0.2, -0.15) is 0 Å². The molecule has 0 aromatic heterocycles. The van der Waals surface area contributed by atoms with Crippen LogP contribution in [0.15, 0.2) is 66.7 Å². The molecule has 0 spiro atoms. The van der Waals surface area contributed by atoms with Gasteiger partial charge in [-0.1, -0.05) is 66.7 Å². The minimum Gasteiger partial charge on any atom is -0.326 e. The van der Waals surface area contributed by atoms with Crippen LogP contribution in [0.5, 0.6) is 0 Å². The van der Waals surface area contributed by atoms with Crippen LogP contribution in [-0.4, -0.2) is 0 Å². The Morgan fingerprint density at radius 2 is 1.00 bits per heavy atom. The van der Waals surface area contributed by atoms with Gasteiger partial charge >= 0.3 is 0 Å². The van der Waals surface area contributed by atoms with Gasteiger partial charge in [-0.15, -0.1) is 0 Å². The van der Waals surface area contributed by atoms with E-state index >= 15 is 0 Å². The van der Waals surface area contributed by atoms with E-state index in [2.05, 4.69) is 66.7 Å². The zero-order valence-corrected chi connectivity index (χ0v) is 11.1. The number of rotatable bonds is 1. The lowest BCUT2D eigenvalue weighted by Crippen LogP contribution is -1.97. The van der Waals surface area contributed by atoms with Crippen molar-refractivity contribution >= 4 is 32.3 Å². The maximum atomic E-state index is 5.95. The molecule has 0 atom stereocenters. The molecule has 2 N–H and O–H groups in total. The Labute approximate surface area is 117 Å². The molecule has 0 saturated heterocycles. The number of hydrogen-bond donors (Lipinski definition) is 1. The monoisotopic (exact) mass is 257 g/mol. The normalized spacial score (nSPS) is 11.4. The summed E-state index contributed by atoms with van der Waals surface area (Å²) in [5, 5.41) is 7.80. The maximum Gasteiger partial charge on any atom is 0.0184 e. The Balaban J connectivity index is 2.42. The van der Waals surface area contributed by atoms with Gasteiger partial charge in [0.25, 0.3) is 0 Å². The molecule has 0 unspecified atom stereocenters. The maximum absolute atomic E-state index is 5.95. The Bertz CT molecular complexity index is 893. The molecule has 20 heavy (non-hydrogen) atoms. The number of hydrogen-bond acceptors (Lipinski definition) is 1. The van der Waals surface area contributed by atoms with E-state index in [9.17, 15) is 0 Å². The second-order valence-corrected chi connectivity index (χ2v) is 5.13. The molecule has 1 heteroatoms. The van der Waals surface area contributed by atoms with E-state index in [-0.39, 0.29) is 0 Å². The highest BCUT2D eigenvalue weighted by Gasteiger charge is 2.09. The summed E-state index contributed by atoms with van der Waals surface area (Å²) in [5.41, 5.74) is 7.16. The predicted molar refractivity (Wildman–Crippen MR) is 86.9 cm³/mol. The zero-order chi connectivity index (χ0) is 13.5. The van der Waals surface area contributed by atoms with Gasteiger partial charge < -0.3 is 5.73 Å². The summed E-state index contributed by atoms with van der Waals surface area (Å²) in [4.78, 5) is 0. The molecule has 96 valence electrons. The van der Waals surface area contributed by atoms with Crippen LogP contribution in [0.3, 0.4) is 0 Å². The summed E-state index contributed by atoms with van der Waals surface area (Å²) in [6.07, 6.45) is 0. The fourth-order valence-electron chi connectivity index (χ4n) is 3.20. The Morgan fingerprint density at radius 3 is 1.55 bits per heavy atom. The highest BCUT2D eigenvalue weighted by Crippen LogP contribution is 2.36. The summed E-state index contributed by atoms with van der Waals surface area (Å²) < 4.78 is 0. The molecule has 0 heterocycles. The van der Waals surface area contributed by atoms with Crippen molar-refractivity contribution in [2.45, 2.75) is 6.54 Å². The topological polar surface area (TPSA) is 26.0 Å². The van der Waals surface area contributed by atoms with Crippen molar-refractivity contribution in [1.82, 2.24) is 0 Å². The lowest BCUT2D eigenvalue weighted by molar-refractivity contribution is 1.09. The van der Waals surface area contributed by atoms with Crippen molar-refractivity contribution in [3.63, 3.8) is 0 Å². The van der Waals surface area contributed by atoms with Crippen molar-refractivity contribution in [1.29, 1.82) is 0 Å². The average Bonchev–Trinajstić information content (AvgIpc) is 2.54. The third kappa shape index (κ3) is 1.47. The highest BCUT2D eigenvalue weighted by molar-refractivity contribution is 6.26. The molecule has 1 nitrogen and oxygen atoms in total. The van der Waals surface area contributed by atoms with Crippen LogP contribution < -0.4 is 5.73 Å². The van der Waals surface area contributed by atoms with Gasteiger partial charge in [-0.25, -0.2) is 0 Å². The molecular formula is C19H15N. The van der Waals surface area contributed by atoms with E-state index in [0.717, 1.165) is 0 Å². The molecule has 0 fully saturated rings. The van der Waals surface area contributed by atoms with Crippen LogP contribution in [-0.2, 0) is 6.54 Å². The second kappa shape index (κ2) is 4.32. The van der Waals surface area contributed by atoms with E-state index in [1.807, 2.05) is 0 Å². The molecule has 0 aliphatic heterocycles. The Morgan fingerprint density at radius 1 is 0.550 bits per heavy atom. The Kier molecular flexibility index (Phi) is 2.48. The first-order chi connectivity index (χ1) is 9.90. The van der Waals surface area contributed by atoms with Crippen molar-refractivity contribution in [2.75, 3.05) is 0 Å². The summed E-state index contributed by atoms with van der Waals surface area (Å²) in [7, 11) is 0. The van der Waals surface area contributed by atoms with Crippen molar-refractivity contribution in [2.24, 2.45) is 5.73 Å². The SMILES string of the molecule is NCc1cccc2c3ccccc3c3ccccc3c12. The van der Waals surface area contributed by atoms with E-state index in [0.29, 0.717) is 6.54 Å². The summed E-state index contributed by atoms with van der Waals surface area (Å²) >= 11 is 0. The third-order valence-corrected chi connectivity index (χ3v) is 4.07. The highest BCUT2D eigenvalue weighted by atomic mass is 14.5. The first-order valence-corrected chi connectivity index (χ1v) is 6.91. The number of fused-ring (bicyclic) bond motifs is 6. The number of nitrogens with two attached hydrogens (primary N) is 1. The molecule has 4 rings (SSSR count). The quantitative estimate of drug-likeness (QED) is 0.495. The molecule has 0 amide bonds. The molecule has 4 aromatic carbocycles. The second-order valence-electron chi connectivity index (χ2n) is 5.13. The first kappa shape index (κ1) is 11.4. The molecular weight excluding hydrogens is 242 g/mol. The van der Waals surface area contributed by atoms with Crippen LogP contribution in [0.4, 0.5) is 0 Å². The van der Waals surface area contributed by atoms with Gasteiger partial charge in [0.2, 0.25) is 0 Å². The van der Waals surface area contributed by atoms with Crippen LogP contribution in [0.1, 0.15) is 5.56 Å². The average molecular weight is 257 g/mol. The largest absolute Gasteiger partial charge is 0.326 e. The van der Waals surface area contributed by atoms with Gasteiger partial charge in [0, 0.05) is 6.54 Å². The van der Waals surface area contributed by atoms with Crippen LogP contribution >= 0.6 is 0 Å². The summed E-state index contributed by atoms with van der Waals surface area (Å²) in [6.45, 7) is 0.569.